The average molecular weight is 246 g/mol. The number of H-pyrrole nitrogens is 1. The van der Waals surface area contributed by atoms with E-state index >= 15 is 0 Å². The van der Waals surface area contributed by atoms with Gasteiger partial charge in [0.1, 0.15) is 12.1 Å². The number of rotatable bonds is 3. The molecule has 0 fully saturated rings. The minimum absolute atomic E-state index is 0.234. The number of hydrogen-bond acceptors (Lipinski definition) is 3. The van der Waals surface area contributed by atoms with Gasteiger partial charge < -0.3 is 9.78 Å². The van der Waals surface area contributed by atoms with Crippen molar-refractivity contribution in [1.29, 1.82) is 0 Å². The molecule has 1 atom stereocenters. The quantitative estimate of drug-likeness (QED) is 0.845. The number of imidazole rings is 1. The fourth-order valence-electron chi connectivity index (χ4n) is 2.36. The number of nitrogens with one attached hydrogen (secondary N) is 1. The first kappa shape index (κ1) is 10.7. The van der Waals surface area contributed by atoms with Crippen LogP contribution in [0.25, 0.3) is 0 Å². The van der Waals surface area contributed by atoms with Crippen LogP contribution >= 0.6 is 11.3 Å². The second-order valence-corrected chi connectivity index (χ2v) is 5.73. The fraction of sp³-hybridized carbons (Fsp3) is 0.385. The van der Waals surface area contributed by atoms with Gasteiger partial charge in [-0.25, -0.2) is 4.98 Å². The van der Waals surface area contributed by atoms with Crippen LogP contribution in [-0.4, -0.2) is 16.3 Å². The van der Waals surface area contributed by atoms with E-state index in [4.69, 9.17) is 0 Å². The van der Waals surface area contributed by atoms with E-state index in [1.165, 1.54) is 15.3 Å². The molecule has 2 aromatic rings. The smallest absolute Gasteiger partial charge is 0.123 e. The zero-order valence-corrected chi connectivity index (χ0v) is 10.3. The summed E-state index contributed by atoms with van der Waals surface area (Å²) in [5.74, 6) is 1.24. The Morgan fingerprint density at radius 2 is 2.53 bits per heavy atom. The van der Waals surface area contributed by atoms with Gasteiger partial charge in [0.25, 0.3) is 0 Å². The van der Waals surface area contributed by atoms with Gasteiger partial charge >= 0.3 is 0 Å². The summed E-state index contributed by atoms with van der Waals surface area (Å²) >= 11 is 1.83. The molecule has 0 saturated carbocycles. The summed E-state index contributed by atoms with van der Waals surface area (Å²) in [4.78, 5) is 20.9. The Bertz CT molecular complexity index is 516. The highest BCUT2D eigenvalue weighted by Crippen LogP contribution is 2.32. The molecule has 1 N–H and O–H groups in total. The standard InChI is InChI=1S/C13H14N2OS/c16-8-9-1-2-10-6-11(17-12(10)5-9)7-13-14-3-4-15-13/h3-4,6,8-9H,1-2,5,7H2,(H,14,15). The molecule has 4 heteroatoms. The van der Waals surface area contributed by atoms with Crippen molar-refractivity contribution < 1.29 is 4.79 Å². The lowest BCUT2D eigenvalue weighted by Crippen LogP contribution is -2.12. The first-order chi connectivity index (χ1) is 8.35. The number of thiophene rings is 1. The molecule has 0 aromatic carbocycles. The molecule has 3 rings (SSSR count). The molecule has 88 valence electrons. The van der Waals surface area contributed by atoms with E-state index in [0.29, 0.717) is 0 Å². The Labute approximate surface area is 104 Å². The minimum Gasteiger partial charge on any atom is -0.348 e. The molecule has 2 heterocycles. The van der Waals surface area contributed by atoms with Gasteiger partial charge in [-0.15, -0.1) is 11.3 Å². The van der Waals surface area contributed by atoms with Crippen molar-refractivity contribution in [2.45, 2.75) is 25.7 Å². The van der Waals surface area contributed by atoms with Crippen LogP contribution in [0.4, 0.5) is 0 Å². The average Bonchev–Trinajstić information content (AvgIpc) is 2.96. The van der Waals surface area contributed by atoms with E-state index in [1.54, 1.807) is 6.20 Å². The lowest BCUT2D eigenvalue weighted by atomic mass is 9.90. The van der Waals surface area contributed by atoms with E-state index in [1.807, 2.05) is 17.5 Å². The molecule has 0 amide bonds. The number of aldehydes is 1. The maximum absolute atomic E-state index is 10.8. The van der Waals surface area contributed by atoms with Gasteiger partial charge in [0.05, 0.1) is 0 Å². The van der Waals surface area contributed by atoms with Gasteiger partial charge in [-0.1, -0.05) is 0 Å². The molecular weight excluding hydrogens is 232 g/mol. The van der Waals surface area contributed by atoms with E-state index in [0.717, 1.165) is 37.8 Å². The number of nitrogens with zero attached hydrogens (tertiary/aromatic N) is 1. The van der Waals surface area contributed by atoms with Crippen LogP contribution < -0.4 is 0 Å². The molecule has 1 aliphatic rings. The molecule has 3 nitrogen and oxygen atoms in total. The Morgan fingerprint density at radius 1 is 1.59 bits per heavy atom. The number of aromatic amines is 1. The van der Waals surface area contributed by atoms with Crippen LogP contribution in [0.15, 0.2) is 18.5 Å². The van der Waals surface area contributed by atoms with Gasteiger partial charge in [-0.2, -0.15) is 0 Å². The Kier molecular flexibility index (Phi) is 2.81. The number of fused-ring (bicyclic) bond motifs is 1. The zero-order valence-electron chi connectivity index (χ0n) is 9.48. The summed E-state index contributed by atoms with van der Waals surface area (Å²) in [6.07, 6.45) is 8.60. The molecule has 1 unspecified atom stereocenters. The second-order valence-electron chi connectivity index (χ2n) is 4.51. The zero-order chi connectivity index (χ0) is 11.7. The third-order valence-electron chi connectivity index (χ3n) is 3.27. The molecule has 0 radical (unpaired) electrons. The monoisotopic (exact) mass is 246 g/mol. The van der Waals surface area contributed by atoms with E-state index in [2.05, 4.69) is 16.0 Å². The minimum atomic E-state index is 0.234. The van der Waals surface area contributed by atoms with Crippen molar-refractivity contribution in [3.05, 3.63) is 39.6 Å². The van der Waals surface area contributed by atoms with Gasteiger partial charge in [-0.05, 0) is 30.9 Å². The molecule has 1 aliphatic carbocycles. The normalized spacial score (nSPS) is 18.9. The molecule has 2 aromatic heterocycles. The highest BCUT2D eigenvalue weighted by atomic mass is 32.1. The topological polar surface area (TPSA) is 45.8 Å². The summed E-state index contributed by atoms with van der Waals surface area (Å²) < 4.78 is 0. The lowest BCUT2D eigenvalue weighted by Gasteiger charge is -2.15. The van der Waals surface area contributed by atoms with E-state index in [9.17, 15) is 4.79 Å². The van der Waals surface area contributed by atoms with Gasteiger partial charge in [0.15, 0.2) is 0 Å². The maximum Gasteiger partial charge on any atom is 0.123 e. The predicted molar refractivity (Wildman–Crippen MR) is 67.3 cm³/mol. The van der Waals surface area contributed by atoms with Gasteiger partial charge in [0.2, 0.25) is 0 Å². The predicted octanol–water partition coefficient (Wildman–Crippen LogP) is 2.37. The fourth-order valence-corrected chi connectivity index (χ4v) is 3.67. The van der Waals surface area contributed by atoms with Crippen molar-refractivity contribution in [2.24, 2.45) is 5.92 Å². The highest BCUT2D eigenvalue weighted by molar-refractivity contribution is 7.12. The van der Waals surface area contributed by atoms with Crippen molar-refractivity contribution >= 4 is 17.6 Å². The molecule has 0 spiro atoms. The summed E-state index contributed by atoms with van der Waals surface area (Å²) in [5, 5.41) is 0. The molecular formula is C13H14N2OS. The van der Waals surface area contributed by atoms with Crippen LogP contribution in [0.5, 0.6) is 0 Å². The third kappa shape index (κ3) is 2.17. The molecule has 0 saturated heterocycles. The maximum atomic E-state index is 10.8. The Morgan fingerprint density at radius 3 is 3.29 bits per heavy atom. The number of aryl methyl sites for hydroxylation is 1. The Hall–Kier alpha value is -1.42. The first-order valence-electron chi connectivity index (χ1n) is 5.89. The van der Waals surface area contributed by atoms with E-state index < -0.39 is 0 Å². The highest BCUT2D eigenvalue weighted by Gasteiger charge is 2.20. The summed E-state index contributed by atoms with van der Waals surface area (Å²) in [6, 6.07) is 2.28. The molecule has 0 bridgehead atoms. The lowest BCUT2D eigenvalue weighted by molar-refractivity contribution is -0.111. The van der Waals surface area contributed by atoms with Crippen molar-refractivity contribution in [1.82, 2.24) is 9.97 Å². The Balaban J connectivity index is 1.80. The molecule has 17 heavy (non-hydrogen) atoms. The van der Waals surface area contributed by atoms with E-state index in [-0.39, 0.29) is 5.92 Å². The number of aromatic nitrogens is 2. The summed E-state index contributed by atoms with van der Waals surface area (Å²) in [5.41, 5.74) is 1.44. The van der Waals surface area contributed by atoms with Crippen molar-refractivity contribution in [3.8, 4) is 0 Å². The van der Waals surface area contributed by atoms with Crippen LogP contribution in [-0.2, 0) is 24.1 Å². The number of hydrogen-bond donors (Lipinski definition) is 1. The van der Waals surface area contributed by atoms with Crippen LogP contribution in [0.3, 0.4) is 0 Å². The number of carbonyl (C=O) groups is 1. The van der Waals surface area contributed by atoms with Crippen LogP contribution in [0.1, 0.15) is 27.6 Å². The van der Waals surface area contributed by atoms with Crippen molar-refractivity contribution in [3.63, 3.8) is 0 Å². The SMILES string of the molecule is O=CC1CCc2cc(Cc3ncc[nH]3)sc2C1. The second kappa shape index (κ2) is 4.45. The third-order valence-corrected chi connectivity index (χ3v) is 4.47. The number of carbonyl (C=O) groups excluding carboxylic acids is 1. The van der Waals surface area contributed by atoms with Gasteiger partial charge in [-0.3, -0.25) is 0 Å². The van der Waals surface area contributed by atoms with Crippen LogP contribution in [0, 0.1) is 5.92 Å². The summed E-state index contributed by atoms with van der Waals surface area (Å²) in [6.45, 7) is 0. The largest absolute Gasteiger partial charge is 0.348 e. The molecule has 0 aliphatic heterocycles. The van der Waals surface area contributed by atoms with Crippen molar-refractivity contribution in [2.75, 3.05) is 0 Å². The van der Waals surface area contributed by atoms with Gasteiger partial charge in [0, 0.05) is 34.5 Å². The summed E-state index contributed by atoms with van der Waals surface area (Å²) in [7, 11) is 0. The first-order valence-corrected chi connectivity index (χ1v) is 6.71. The van der Waals surface area contributed by atoms with Crippen LogP contribution in [0.2, 0.25) is 0 Å².